The van der Waals surface area contributed by atoms with Crippen LogP contribution in [0.15, 0.2) is 30.3 Å². The van der Waals surface area contributed by atoms with Gasteiger partial charge in [0.2, 0.25) is 11.8 Å². The van der Waals surface area contributed by atoms with Crippen LogP contribution in [0.25, 0.3) is 0 Å². The van der Waals surface area contributed by atoms with Crippen molar-refractivity contribution < 1.29 is 14.3 Å². The number of ether oxygens (including phenoxy) is 1. The zero-order chi connectivity index (χ0) is 20.0. The van der Waals surface area contributed by atoms with Gasteiger partial charge in [-0.05, 0) is 50.3 Å². The Morgan fingerprint density at radius 3 is 2.64 bits per heavy atom. The molecule has 2 heterocycles. The van der Waals surface area contributed by atoms with E-state index in [2.05, 4.69) is 10.2 Å². The fourth-order valence-electron chi connectivity index (χ4n) is 4.40. The van der Waals surface area contributed by atoms with E-state index in [0.717, 1.165) is 51.0 Å². The fourth-order valence-corrected chi connectivity index (χ4v) is 4.40. The van der Waals surface area contributed by atoms with Crippen LogP contribution in [-0.4, -0.2) is 67.6 Å². The zero-order valence-corrected chi connectivity index (χ0v) is 17.2. The molecule has 1 N–H and O–H groups in total. The first-order valence-electron chi connectivity index (χ1n) is 10.4. The summed E-state index contributed by atoms with van der Waals surface area (Å²) >= 11 is 0. The molecule has 2 aliphatic rings. The third-order valence-electron chi connectivity index (χ3n) is 6.28. The van der Waals surface area contributed by atoms with E-state index in [4.69, 9.17) is 4.74 Å². The lowest BCUT2D eigenvalue weighted by Gasteiger charge is -2.40. The van der Waals surface area contributed by atoms with Crippen LogP contribution in [-0.2, 0) is 20.9 Å². The van der Waals surface area contributed by atoms with Gasteiger partial charge in [-0.15, -0.1) is 0 Å². The molecule has 2 saturated heterocycles. The van der Waals surface area contributed by atoms with Gasteiger partial charge in [-0.1, -0.05) is 30.3 Å². The molecule has 2 aliphatic heterocycles. The smallest absolute Gasteiger partial charge is 0.237 e. The number of nitrogens with one attached hydrogen (secondary N) is 1. The summed E-state index contributed by atoms with van der Waals surface area (Å²) in [4.78, 5) is 29.2. The zero-order valence-electron chi connectivity index (χ0n) is 17.2. The third kappa shape index (κ3) is 5.11. The molecule has 28 heavy (non-hydrogen) atoms. The minimum atomic E-state index is -0.143. The molecule has 2 amide bonds. The number of likely N-dealkylation sites (tertiary alicyclic amines) is 2. The Morgan fingerprint density at radius 1 is 1.25 bits per heavy atom. The Labute approximate surface area is 168 Å². The number of carbonyl (C=O) groups is 2. The lowest BCUT2D eigenvalue weighted by molar-refractivity contribution is -0.129. The van der Waals surface area contributed by atoms with Crippen molar-refractivity contribution in [3.63, 3.8) is 0 Å². The van der Waals surface area contributed by atoms with Gasteiger partial charge >= 0.3 is 0 Å². The average Bonchev–Trinajstić information content (AvgIpc) is 3.02. The van der Waals surface area contributed by atoms with Crippen molar-refractivity contribution >= 4 is 11.8 Å². The second kappa shape index (κ2) is 9.52. The number of rotatable bonds is 8. The third-order valence-corrected chi connectivity index (χ3v) is 6.28. The van der Waals surface area contributed by atoms with Crippen LogP contribution in [0.5, 0.6) is 0 Å². The molecule has 2 fully saturated rings. The highest BCUT2D eigenvalue weighted by molar-refractivity contribution is 5.81. The molecule has 1 aromatic carbocycles. The monoisotopic (exact) mass is 387 g/mol. The van der Waals surface area contributed by atoms with Crippen molar-refractivity contribution in [2.45, 2.75) is 45.2 Å². The van der Waals surface area contributed by atoms with E-state index in [0.29, 0.717) is 19.6 Å². The summed E-state index contributed by atoms with van der Waals surface area (Å²) in [6.45, 7) is 6.63. The summed E-state index contributed by atoms with van der Waals surface area (Å²) in [7, 11) is 1.69. The molecular weight excluding hydrogens is 354 g/mol. The molecule has 1 atom stereocenters. The number of hydrogen-bond acceptors (Lipinski definition) is 4. The predicted molar refractivity (Wildman–Crippen MR) is 109 cm³/mol. The van der Waals surface area contributed by atoms with Crippen LogP contribution in [0.3, 0.4) is 0 Å². The molecule has 0 radical (unpaired) electrons. The van der Waals surface area contributed by atoms with E-state index in [9.17, 15) is 9.59 Å². The standard InChI is InChI=1S/C22H33N3O3/c1-18(21(27)23-16-19-7-4-3-5-8-19)24-12-9-22(10-13-24)15-20(26)25(17-22)11-6-14-28-2/h3-5,7-8,18H,6,9-17H2,1-2H3,(H,23,27)/t18-/m1/s1. The number of carbonyl (C=O) groups excluding carboxylic acids is 2. The molecule has 6 heteroatoms. The van der Waals surface area contributed by atoms with Gasteiger partial charge in [0.25, 0.3) is 0 Å². The van der Waals surface area contributed by atoms with Crippen LogP contribution >= 0.6 is 0 Å². The minimum Gasteiger partial charge on any atom is -0.385 e. The summed E-state index contributed by atoms with van der Waals surface area (Å²) in [6, 6.07) is 9.84. The van der Waals surface area contributed by atoms with E-state index >= 15 is 0 Å². The van der Waals surface area contributed by atoms with E-state index < -0.39 is 0 Å². The first kappa shape index (κ1) is 20.8. The number of piperidine rings is 1. The van der Waals surface area contributed by atoms with Crippen molar-refractivity contribution in [3.05, 3.63) is 35.9 Å². The van der Waals surface area contributed by atoms with Crippen molar-refractivity contribution in [2.75, 3.05) is 39.9 Å². The van der Waals surface area contributed by atoms with Gasteiger partial charge in [-0.3, -0.25) is 14.5 Å². The first-order valence-corrected chi connectivity index (χ1v) is 10.4. The largest absolute Gasteiger partial charge is 0.385 e. The predicted octanol–water partition coefficient (Wildman–Crippen LogP) is 2.04. The van der Waals surface area contributed by atoms with Gasteiger partial charge in [0.15, 0.2) is 0 Å². The maximum atomic E-state index is 12.6. The van der Waals surface area contributed by atoms with E-state index in [-0.39, 0.29) is 23.3 Å². The van der Waals surface area contributed by atoms with E-state index in [1.165, 1.54) is 0 Å². The van der Waals surface area contributed by atoms with Crippen molar-refractivity contribution in [1.82, 2.24) is 15.1 Å². The Morgan fingerprint density at radius 2 is 1.96 bits per heavy atom. The van der Waals surface area contributed by atoms with Crippen LogP contribution in [0.1, 0.15) is 38.2 Å². The van der Waals surface area contributed by atoms with Gasteiger partial charge < -0.3 is 15.0 Å². The second-order valence-electron chi connectivity index (χ2n) is 8.25. The molecule has 0 aliphatic carbocycles. The number of methoxy groups -OCH3 is 1. The maximum absolute atomic E-state index is 12.6. The lowest BCUT2D eigenvalue weighted by Crippen LogP contribution is -2.50. The minimum absolute atomic E-state index is 0.0727. The molecule has 1 aromatic rings. The van der Waals surface area contributed by atoms with E-state index in [1.807, 2.05) is 42.2 Å². The van der Waals surface area contributed by atoms with Crippen LogP contribution < -0.4 is 5.32 Å². The highest BCUT2D eigenvalue weighted by atomic mass is 16.5. The van der Waals surface area contributed by atoms with Crippen LogP contribution in [0.4, 0.5) is 0 Å². The molecular formula is C22H33N3O3. The number of benzene rings is 1. The molecule has 154 valence electrons. The van der Waals surface area contributed by atoms with Crippen molar-refractivity contribution in [1.29, 1.82) is 0 Å². The van der Waals surface area contributed by atoms with Crippen LogP contribution in [0, 0.1) is 5.41 Å². The summed E-state index contributed by atoms with van der Waals surface area (Å²) in [5.74, 6) is 0.349. The maximum Gasteiger partial charge on any atom is 0.237 e. The highest BCUT2D eigenvalue weighted by Gasteiger charge is 2.45. The first-order chi connectivity index (χ1) is 13.5. The average molecular weight is 388 g/mol. The molecule has 3 rings (SSSR count). The van der Waals surface area contributed by atoms with Gasteiger partial charge in [-0.2, -0.15) is 0 Å². The van der Waals surface area contributed by atoms with Gasteiger partial charge in [-0.25, -0.2) is 0 Å². The molecule has 0 saturated carbocycles. The number of amides is 2. The Hall–Kier alpha value is -1.92. The summed E-state index contributed by atoms with van der Waals surface area (Å²) in [5, 5.41) is 3.05. The molecule has 0 aromatic heterocycles. The van der Waals surface area contributed by atoms with Gasteiger partial charge in [0.1, 0.15) is 0 Å². The SMILES string of the molecule is COCCCN1CC2(CCN([C@H](C)C(=O)NCc3ccccc3)CC2)CC1=O. The van der Waals surface area contributed by atoms with Gasteiger partial charge in [0, 0.05) is 39.8 Å². The topological polar surface area (TPSA) is 61.9 Å². The van der Waals surface area contributed by atoms with Crippen molar-refractivity contribution in [2.24, 2.45) is 5.41 Å². The Bertz CT molecular complexity index is 656. The quantitative estimate of drug-likeness (QED) is 0.694. The fraction of sp³-hybridized carbons (Fsp3) is 0.636. The van der Waals surface area contributed by atoms with Gasteiger partial charge in [0.05, 0.1) is 6.04 Å². The van der Waals surface area contributed by atoms with E-state index in [1.54, 1.807) is 7.11 Å². The summed E-state index contributed by atoms with van der Waals surface area (Å²) in [5.41, 5.74) is 1.21. The Balaban J connectivity index is 1.45. The Kier molecular flexibility index (Phi) is 7.08. The van der Waals surface area contributed by atoms with Crippen LogP contribution in [0.2, 0.25) is 0 Å². The number of hydrogen-bond donors (Lipinski definition) is 1. The second-order valence-corrected chi connectivity index (χ2v) is 8.25. The summed E-state index contributed by atoms with van der Waals surface area (Å²) < 4.78 is 5.10. The number of nitrogens with zero attached hydrogens (tertiary/aromatic N) is 2. The molecule has 0 unspecified atom stereocenters. The molecule has 0 bridgehead atoms. The molecule has 1 spiro atoms. The highest BCUT2D eigenvalue weighted by Crippen LogP contribution is 2.41. The molecule has 6 nitrogen and oxygen atoms in total. The normalized spacial score (nSPS) is 20.5. The lowest BCUT2D eigenvalue weighted by atomic mass is 9.77. The summed E-state index contributed by atoms with van der Waals surface area (Å²) in [6.07, 6.45) is 3.51. The van der Waals surface area contributed by atoms with Crippen molar-refractivity contribution in [3.8, 4) is 0 Å².